The molecule has 110 valence electrons. The largest absolute Gasteiger partial charge is 0.331 e. The zero-order valence-corrected chi connectivity index (χ0v) is 12.6. The molecule has 0 bridgehead atoms. The average Bonchev–Trinajstić information content (AvgIpc) is 2.92. The number of nitrogens with zero attached hydrogens (tertiary/aromatic N) is 1. The molecule has 1 aromatic carbocycles. The third-order valence-corrected chi connectivity index (χ3v) is 5.03. The van der Waals surface area contributed by atoms with Crippen molar-refractivity contribution in [2.24, 2.45) is 0 Å². The summed E-state index contributed by atoms with van der Waals surface area (Å²) in [5.41, 5.74) is 0.508. The fraction of sp³-hybridized carbons (Fsp3) is 0.357. The predicted molar refractivity (Wildman–Crippen MR) is 80.3 cm³/mol. The smallest absolute Gasteiger partial charge is 0.277 e. The summed E-state index contributed by atoms with van der Waals surface area (Å²) >= 11 is 7.63. The molecule has 5 nitrogen and oxygen atoms in total. The van der Waals surface area contributed by atoms with E-state index in [9.17, 15) is 14.4 Å². The van der Waals surface area contributed by atoms with Crippen molar-refractivity contribution < 1.29 is 14.4 Å². The molecule has 21 heavy (non-hydrogen) atoms. The van der Waals surface area contributed by atoms with E-state index in [2.05, 4.69) is 5.32 Å². The minimum absolute atomic E-state index is 0.141. The molecule has 2 heterocycles. The molecule has 1 N–H and O–H groups in total. The molecule has 0 spiro atoms. The first kappa shape index (κ1) is 14.4. The van der Waals surface area contributed by atoms with Gasteiger partial charge in [0.15, 0.2) is 0 Å². The quantitative estimate of drug-likeness (QED) is 0.845. The first-order valence-corrected chi connectivity index (χ1v) is 8.12. The van der Waals surface area contributed by atoms with Crippen molar-refractivity contribution >= 4 is 41.2 Å². The molecule has 2 aliphatic heterocycles. The lowest BCUT2D eigenvalue weighted by molar-refractivity contribution is -0.139. The third-order valence-electron chi connectivity index (χ3n) is 3.65. The van der Waals surface area contributed by atoms with Crippen LogP contribution in [0.5, 0.6) is 0 Å². The van der Waals surface area contributed by atoms with Gasteiger partial charge in [0, 0.05) is 10.8 Å². The lowest BCUT2D eigenvalue weighted by atomic mass is 9.94. The third kappa shape index (κ3) is 2.65. The van der Waals surface area contributed by atoms with Crippen LogP contribution in [0.1, 0.15) is 17.9 Å². The summed E-state index contributed by atoms with van der Waals surface area (Å²) in [6.45, 7) is 0. The van der Waals surface area contributed by atoms with Gasteiger partial charge in [-0.05, 0) is 29.9 Å². The predicted octanol–water partition coefficient (Wildman–Crippen LogP) is 2.01. The summed E-state index contributed by atoms with van der Waals surface area (Å²) in [5, 5.41) is 2.73. The van der Waals surface area contributed by atoms with Crippen LogP contribution in [0.2, 0.25) is 5.02 Å². The van der Waals surface area contributed by atoms with Gasteiger partial charge < -0.3 is 0 Å². The van der Waals surface area contributed by atoms with Gasteiger partial charge in [0.25, 0.3) is 0 Å². The molecule has 0 aliphatic carbocycles. The maximum atomic E-state index is 12.6. The number of urea groups is 1. The number of amides is 4. The number of hydrogen-bond donors (Lipinski definition) is 1. The van der Waals surface area contributed by atoms with Crippen molar-refractivity contribution in [3.63, 3.8) is 0 Å². The maximum Gasteiger partial charge on any atom is 0.331 e. The fourth-order valence-corrected chi connectivity index (χ4v) is 4.03. The lowest BCUT2D eigenvalue weighted by Crippen LogP contribution is -2.60. The summed E-state index contributed by atoms with van der Waals surface area (Å²) in [7, 11) is 0. The van der Waals surface area contributed by atoms with Crippen molar-refractivity contribution in [2.75, 3.05) is 11.5 Å². The Hall–Kier alpha value is -1.53. The Labute approximate surface area is 131 Å². The van der Waals surface area contributed by atoms with Crippen LogP contribution in [-0.4, -0.2) is 40.3 Å². The zero-order valence-electron chi connectivity index (χ0n) is 11.0. The normalized spacial score (nSPS) is 26.1. The monoisotopic (exact) mass is 324 g/mol. The second-order valence-corrected chi connectivity index (χ2v) is 6.59. The van der Waals surface area contributed by atoms with E-state index in [1.165, 1.54) is 4.90 Å². The van der Waals surface area contributed by atoms with E-state index >= 15 is 0 Å². The molecule has 0 saturated carbocycles. The zero-order chi connectivity index (χ0) is 15.0. The minimum Gasteiger partial charge on any atom is -0.277 e. The van der Waals surface area contributed by atoms with Crippen molar-refractivity contribution in [3.05, 3.63) is 34.9 Å². The summed E-state index contributed by atoms with van der Waals surface area (Å²) in [6.07, 6.45) is 0.764. The first-order chi connectivity index (χ1) is 10.1. The number of carbonyl (C=O) groups is 3. The summed E-state index contributed by atoms with van der Waals surface area (Å²) in [5.74, 6) is -0.424. The number of benzene rings is 1. The van der Waals surface area contributed by atoms with Crippen LogP contribution in [0.25, 0.3) is 0 Å². The van der Waals surface area contributed by atoms with E-state index in [-0.39, 0.29) is 6.04 Å². The van der Waals surface area contributed by atoms with Gasteiger partial charge in [-0.25, -0.2) is 4.79 Å². The van der Waals surface area contributed by atoms with Gasteiger partial charge in [0.2, 0.25) is 11.8 Å². The molecular formula is C14H13ClN2O3S. The van der Waals surface area contributed by atoms with Crippen molar-refractivity contribution in [2.45, 2.75) is 18.4 Å². The van der Waals surface area contributed by atoms with Gasteiger partial charge in [-0.1, -0.05) is 23.7 Å². The molecule has 0 aromatic heterocycles. The van der Waals surface area contributed by atoms with Crippen LogP contribution in [0.4, 0.5) is 4.79 Å². The minimum atomic E-state index is -1.01. The van der Waals surface area contributed by atoms with Gasteiger partial charge in [0.1, 0.15) is 5.92 Å². The van der Waals surface area contributed by atoms with E-state index < -0.39 is 23.8 Å². The number of hydrogen-bond acceptors (Lipinski definition) is 4. The van der Waals surface area contributed by atoms with Gasteiger partial charge in [-0.15, -0.1) is 0 Å². The Morgan fingerprint density at radius 3 is 2.76 bits per heavy atom. The molecule has 2 atom stereocenters. The maximum absolute atomic E-state index is 12.6. The standard InChI is InChI=1S/C14H13ClN2O3S/c15-9-3-1-2-8(6-9)11-12(18)16-14(20)17(13(11)19)10-4-5-21-7-10/h1-3,6,10-11H,4-5,7H2,(H,16,18,20). The number of nitrogens with one attached hydrogen (secondary N) is 1. The Balaban J connectivity index is 1.94. The molecule has 2 saturated heterocycles. The van der Waals surface area contributed by atoms with Gasteiger partial charge in [0.05, 0.1) is 6.04 Å². The van der Waals surface area contributed by atoms with Crippen LogP contribution in [0.15, 0.2) is 24.3 Å². The Bertz CT molecular complexity index is 616. The summed E-state index contributed by atoms with van der Waals surface area (Å²) in [6, 6.07) is 5.86. The highest BCUT2D eigenvalue weighted by molar-refractivity contribution is 7.99. The van der Waals surface area contributed by atoms with Crippen LogP contribution in [0.3, 0.4) is 0 Å². The summed E-state index contributed by atoms with van der Waals surface area (Å²) in [4.78, 5) is 37.9. The lowest BCUT2D eigenvalue weighted by Gasteiger charge is -2.34. The second-order valence-electron chi connectivity index (χ2n) is 5.01. The Morgan fingerprint density at radius 2 is 2.10 bits per heavy atom. The number of thioether (sulfide) groups is 1. The van der Waals surface area contributed by atoms with Crippen LogP contribution >= 0.6 is 23.4 Å². The van der Waals surface area contributed by atoms with Gasteiger partial charge in [-0.3, -0.25) is 19.8 Å². The molecule has 0 radical (unpaired) electrons. The number of halogens is 1. The second kappa shape index (κ2) is 5.69. The van der Waals surface area contributed by atoms with E-state index in [1.807, 2.05) is 0 Å². The SMILES string of the molecule is O=C1NC(=O)N(C2CCSC2)C(=O)C1c1cccc(Cl)c1. The van der Waals surface area contributed by atoms with E-state index in [1.54, 1.807) is 36.0 Å². The van der Waals surface area contributed by atoms with E-state index in [4.69, 9.17) is 11.6 Å². The number of rotatable bonds is 2. The van der Waals surface area contributed by atoms with Crippen LogP contribution < -0.4 is 5.32 Å². The van der Waals surface area contributed by atoms with Crippen LogP contribution in [0, 0.1) is 0 Å². The van der Waals surface area contributed by atoms with Crippen molar-refractivity contribution in [1.82, 2.24) is 10.2 Å². The highest BCUT2D eigenvalue weighted by Gasteiger charge is 2.44. The van der Waals surface area contributed by atoms with Crippen LogP contribution in [-0.2, 0) is 9.59 Å². The van der Waals surface area contributed by atoms with Crippen molar-refractivity contribution in [3.8, 4) is 0 Å². The molecule has 1 aromatic rings. The molecule has 4 amide bonds. The summed E-state index contributed by atoms with van der Waals surface area (Å²) < 4.78 is 0. The topological polar surface area (TPSA) is 66.5 Å². The molecule has 2 unspecified atom stereocenters. The van der Waals surface area contributed by atoms with Gasteiger partial charge in [-0.2, -0.15) is 11.8 Å². The molecular weight excluding hydrogens is 312 g/mol. The highest BCUT2D eigenvalue weighted by Crippen LogP contribution is 2.30. The fourth-order valence-electron chi connectivity index (χ4n) is 2.64. The molecule has 3 rings (SSSR count). The van der Waals surface area contributed by atoms with E-state index in [0.717, 1.165) is 17.9 Å². The highest BCUT2D eigenvalue weighted by atomic mass is 35.5. The van der Waals surface area contributed by atoms with Crippen molar-refractivity contribution in [1.29, 1.82) is 0 Å². The molecule has 7 heteroatoms. The Morgan fingerprint density at radius 1 is 1.29 bits per heavy atom. The number of carbonyl (C=O) groups excluding carboxylic acids is 3. The van der Waals surface area contributed by atoms with E-state index in [0.29, 0.717) is 10.6 Å². The molecule has 2 fully saturated rings. The van der Waals surface area contributed by atoms with Gasteiger partial charge >= 0.3 is 6.03 Å². The first-order valence-electron chi connectivity index (χ1n) is 6.59. The Kier molecular flexibility index (Phi) is 3.91. The molecule has 2 aliphatic rings. The number of barbiturate groups is 1. The number of imide groups is 2. The average molecular weight is 325 g/mol.